The minimum Gasteiger partial charge on any atom is -0.481 e. The van der Waals surface area contributed by atoms with Crippen molar-refractivity contribution < 1.29 is 13.2 Å². The molecule has 0 atom stereocenters. The third-order valence-corrected chi connectivity index (χ3v) is 2.95. The number of imidazole rings is 1. The molecule has 2 aromatic rings. The molecular weight excluding hydrogens is 242 g/mol. The summed E-state index contributed by atoms with van der Waals surface area (Å²) in [5.74, 6) is 0.381. The van der Waals surface area contributed by atoms with Crippen molar-refractivity contribution in [1.82, 2.24) is 14.4 Å². The Bertz CT molecular complexity index is 607. The molecule has 0 amide bonds. The Morgan fingerprint density at radius 2 is 2.20 bits per heavy atom. The average molecular weight is 248 g/mol. The second-order valence-corrected chi connectivity index (χ2v) is 5.21. The number of ether oxygens (including phenoxy) is 1. The monoisotopic (exact) mass is 247 g/mol. The number of hydrogen-bond acceptors (Lipinski definition) is 5. The summed E-state index contributed by atoms with van der Waals surface area (Å²) in [6.07, 6.45) is 4.13. The minimum atomic E-state index is -3.83. The van der Waals surface area contributed by atoms with Gasteiger partial charge < -0.3 is 4.74 Å². The van der Waals surface area contributed by atoms with Gasteiger partial charge >= 0.3 is 0 Å². The zero-order chi connectivity index (χ0) is 11.1. The largest absolute Gasteiger partial charge is 0.481 e. The fourth-order valence-electron chi connectivity index (χ4n) is 1.14. The lowest BCUT2D eigenvalue weighted by Gasteiger charge is -2.00. The average Bonchev–Trinajstić information content (AvgIpc) is 2.59. The van der Waals surface area contributed by atoms with Crippen molar-refractivity contribution in [3.8, 4) is 5.88 Å². The van der Waals surface area contributed by atoms with Crippen LogP contribution < -0.4 is 4.74 Å². The highest BCUT2D eigenvalue weighted by atomic mass is 35.7. The van der Waals surface area contributed by atoms with Gasteiger partial charge in [0.25, 0.3) is 9.05 Å². The smallest absolute Gasteiger partial charge is 0.280 e. The van der Waals surface area contributed by atoms with Crippen LogP contribution in [0.1, 0.15) is 0 Å². The number of hydrogen-bond donors (Lipinski definition) is 0. The summed E-state index contributed by atoms with van der Waals surface area (Å²) < 4.78 is 28.5. The predicted octanol–water partition coefficient (Wildman–Crippen LogP) is 0.665. The Hall–Kier alpha value is -1.34. The Kier molecular flexibility index (Phi) is 2.28. The van der Waals surface area contributed by atoms with Crippen LogP contribution in [-0.2, 0) is 9.05 Å². The summed E-state index contributed by atoms with van der Waals surface area (Å²) >= 11 is 0. The van der Waals surface area contributed by atoms with E-state index in [2.05, 4.69) is 9.97 Å². The van der Waals surface area contributed by atoms with Gasteiger partial charge in [-0.2, -0.15) is 0 Å². The van der Waals surface area contributed by atoms with Crippen LogP contribution in [0.5, 0.6) is 5.88 Å². The van der Waals surface area contributed by atoms with Crippen LogP contribution in [-0.4, -0.2) is 29.9 Å². The molecule has 80 valence electrons. The van der Waals surface area contributed by atoms with E-state index in [1.54, 1.807) is 0 Å². The molecule has 0 radical (unpaired) electrons. The van der Waals surface area contributed by atoms with E-state index in [-0.39, 0.29) is 5.03 Å². The molecule has 0 saturated heterocycles. The molecule has 0 aliphatic rings. The van der Waals surface area contributed by atoms with Crippen molar-refractivity contribution in [3.05, 3.63) is 18.6 Å². The van der Waals surface area contributed by atoms with Gasteiger partial charge in [0.1, 0.15) is 0 Å². The summed E-state index contributed by atoms with van der Waals surface area (Å²) in [5, 5.41) is -0.226. The molecule has 6 nitrogen and oxygen atoms in total. The minimum absolute atomic E-state index is 0.226. The molecule has 0 fully saturated rings. The van der Waals surface area contributed by atoms with Gasteiger partial charge in [-0.1, -0.05) is 0 Å². The molecule has 0 bridgehead atoms. The lowest BCUT2D eigenvalue weighted by atomic mass is 10.6. The van der Waals surface area contributed by atoms with E-state index < -0.39 is 9.05 Å². The van der Waals surface area contributed by atoms with Gasteiger partial charge in [0.2, 0.25) is 5.88 Å². The van der Waals surface area contributed by atoms with Crippen LogP contribution >= 0.6 is 10.7 Å². The van der Waals surface area contributed by atoms with Gasteiger partial charge in [0.05, 0.1) is 25.7 Å². The molecular formula is C7H6ClN3O3S. The Morgan fingerprint density at radius 1 is 1.47 bits per heavy atom. The molecule has 8 heteroatoms. The van der Waals surface area contributed by atoms with Crippen molar-refractivity contribution >= 4 is 25.4 Å². The molecule has 0 saturated carbocycles. The maximum absolute atomic E-state index is 11.0. The van der Waals surface area contributed by atoms with Crippen LogP contribution in [0.25, 0.3) is 5.65 Å². The Labute approximate surface area is 89.9 Å². The number of halogens is 1. The first-order valence-corrected chi connectivity index (χ1v) is 6.15. The van der Waals surface area contributed by atoms with E-state index in [0.717, 1.165) is 0 Å². The molecule has 15 heavy (non-hydrogen) atoms. The quantitative estimate of drug-likeness (QED) is 0.729. The molecule has 0 spiro atoms. The third-order valence-electron chi connectivity index (χ3n) is 1.78. The number of methoxy groups -OCH3 is 1. The Balaban J connectivity index is 2.76. The SMILES string of the molecule is COc1cncc2nc(S(=O)(=O)Cl)cn12. The molecule has 2 aromatic heterocycles. The predicted molar refractivity (Wildman–Crippen MR) is 52.6 cm³/mol. The maximum Gasteiger partial charge on any atom is 0.280 e. The van der Waals surface area contributed by atoms with Crippen molar-refractivity contribution in [2.24, 2.45) is 0 Å². The molecule has 0 unspecified atom stereocenters. The summed E-state index contributed by atoms with van der Waals surface area (Å²) in [5.41, 5.74) is 0.355. The summed E-state index contributed by atoms with van der Waals surface area (Å²) in [6, 6.07) is 0. The molecule has 0 aliphatic carbocycles. The van der Waals surface area contributed by atoms with E-state index in [1.165, 1.54) is 30.1 Å². The first-order chi connectivity index (χ1) is 7.02. The molecule has 2 rings (SSSR count). The number of aromatic nitrogens is 3. The third kappa shape index (κ3) is 1.75. The van der Waals surface area contributed by atoms with Gasteiger partial charge in [-0.05, 0) is 0 Å². The van der Waals surface area contributed by atoms with Gasteiger partial charge in [0.15, 0.2) is 10.7 Å². The normalized spacial score (nSPS) is 11.9. The van der Waals surface area contributed by atoms with Crippen molar-refractivity contribution in [2.75, 3.05) is 7.11 Å². The topological polar surface area (TPSA) is 73.6 Å². The summed E-state index contributed by atoms with van der Waals surface area (Å²) in [6.45, 7) is 0. The molecule has 0 N–H and O–H groups in total. The maximum atomic E-state index is 11.0. The standard InChI is InChI=1S/C7H6ClN3O3S/c1-14-7-3-9-2-5-10-6(4-11(5)7)15(8,12)13/h2-4H,1H3. The zero-order valence-corrected chi connectivity index (χ0v) is 9.16. The van der Waals surface area contributed by atoms with Gasteiger partial charge in [-0.3, -0.25) is 9.38 Å². The molecule has 0 aromatic carbocycles. The van der Waals surface area contributed by atoms with E-state index in [9.17, 15) is 8.42 Å². The number of rotatable bonds is 2. The van der Waals surface area contributed by atoms with Crippen LogP contribution in [0, 0.1) is 0 Å². The van der Waals surface area contributed by atoms with E-state index >= 15 is 0 Å². The number of nitrogens with zero attached hydrogens (tertiary/aromatic N) is 3. The Morgan fingerprint density at radius 3 is 2.80 bits per heavy atom. The van der Waals surface area contributed by atoms with Crippen LogP contribution in [0.15, 0.2) is 23.6 Å². The van der Waals surface area contributed by atoms with Crippen LogP contribution in [0.2, 0.25) is 0 Å². The van der Waals surface area contributed by atoms with Crippen LogP contribution in [0.3, 0.4) is 0 Å². The second kappa shape index (κ2) is 3.35. The van der Waals surface area contributed by atoms with Crippen molar-refractivity contribution in [3.63, 3.8) is 0 Å². The molecule has 2 heterocycles. The van der Waals surface area contributed by atoms with Gasteiger partial charge in [-0.25, -0.2) is 13.4 Å². The highest BCUT2D eigenvalue weighted by molar-refractivity contribution is 8.13. The fraction of sp³-hybridized carbons (Fsp3) is 0.143. The fourth-order valence-corrected chi connectivity index (χ4v) is 1.80. The highest BCUT2D eigenvalue weighted by Crippen LogP contribution is 2.18. The summed E-state index contributed by atoms with van der Waals surface area (Å²) in [7, 11) is 2.78. The second-order valence-electron chi connectivity index (χ2n) is 2.69. The summed E-state index contributed by atoms with van der Waals surface area (Å²) in [4.78, 5) is 7.63. The van der Waals surface area contributed by atoms with E-state index in [1.807, 2.05) is 0 Å². The van der Waals surface area contributed by atoms with Gasteiger partial charge in [-0.15, -0.1) is 0 Å². The highest BCUT2D eigenvalue weighted by Gasteiger charge is 2.16. The van der Waals surface area contributed by atoms with Gasteiger partial charge in [0, 0.05) is 10.7 Å². The lowest BCUT2D eigenvalue weighted by molar-refractivity contribution is 0.390. The van der Waals surface area contributed by atoms with Crippen LogP contribution in [0.4, 0.5) is 0 Å². The van der Waals surface area contributed by atoms with Crippen molar-refractivity contribution in [2.45, 2.75) is 5.03 Å². The van der Waals surface area contributed by atoms with E-state index in [0.29, 0.717) is 11.5 Å². The molecule has 0 aliphatic heterocycles. The first kappa shape index (κ1) is 10.2. The first-order valence-electron chi connectivity index (χ1n) is 3.84. The van der Waals surface area contributed by atoms with E-state index in [4.69, 9.17) is 15.4 Å². The van der Waals surface area contributed by atoms with Crippen molar-refractivity contribution in [1.29, 1.82) is 0 Å². The zero-order valence-electron chi connectivity index (χ0n) is 7.58. The number of fused-ring (bicyclic) bond motifs is 1. The lowest BCUT2D eigenvalue weighted by Crippen LogP contribution is -1.93.